The van der Waals surface area contributed by atoms with Gasteiger partial charge in [0.2, 0.25) is 0 Å². The molecule has 3 aromatic rings. The summed E-state index contributed by atoms with van der Waals surface area (Å²) in [4.78, 5) is 0. The summed E-state index contributed by atoms with van der Waals surface area (Å²) in [7, 11) is 0. The van der Waals surface area contributed by atoms with E-state index in [4.69, 9.17) is 22.5 Å². The Morgan fingerprint density at radius 1 is 1.14 bits per heavy atom. The number of amidine groups is 1. The Balaban J connectivity index is 2.00. The smallest absolute Gasteiger partial charge is 0.170 e. The van der Waals surface area contributed by atoms with Crippen LogP contribution in [-0.2, 0) is 6.54 Å². The summed E-state index contributed by atoms with van der Waals surface area (Å²) in [5, 5.41) is 13.7. The molecule has 106 valence electrons. The van der Waals surface area contributed by atoms with Crippen molar-refractivity contribution in [2.24, 2.45) is 10.9 Å². The maximum Gasteiger partial charge on any atom is 0.170 e. The van der Waals surface area contributed by atoms with Crippen molar-refractivity contribution in [2.45, 2.75) is 6.54 Å². The molecule has 3 rings (SSSR count). The molecular weight excluding hydrogens is 286 g/mol. The van der Waals surface area contributed by atoms with Crippen LogP contribution in [0.2, 0.25) is 5.02 Å². The van der Waals surface area contributed by atoms with Crippen LogP contribution in [0, 0.1) is 0 Å². The van der Waals surface area contributed by atoms with E-state index in [0.717, 1.165) is 28.0 Å². The van der Waals surface area contributed by atoms with Crippen LogP contribution in [0.4, 0.5) is 0 Å². The van der Waals surface area contributed by atoms with Gasteiger partial charge in [-0.2, -0.15) is 0 Å². The zero-order chi connectivity index (χ0) is 14.8. The predicted molar refractivity (Wildman–Crippen MR) is 85.0 cm³/mol. The lowest BCUT2D eigenvalue weighted by atomic mass is 10.1. The molecule has 1 heterocycles. The van der Waals surface area contributed by atoms with E-state index < -0.39 is 0 Å². The second-order valence-electron chi connectivity index (χ2n) is 4.83. The summed E-state index contributed by atoms with van der Waals surface area (Å²) < 4.78 is 2.12. The van der Waals surface area contributed by atoms with Crippen LogP contribution in [0.15, 0.2) is 59.9 Å². The fourth-order valence-electron chi connectivity index (χ4n) is 2.33. The highest BCUT2D eigenvalue weighted by Gasteiger charge is 2.06. The molecule has 0 radical (unpaired) electrons. The molecule has 0 aliphatic heterocycles. The number of benzene rings is 2. The van der Waals surface area contributed by atoms with Gasteiger partial charge in [-0.3, -0.25) is 0 Å². The average molecular weight is 300 g/mol. The van der Waals surface area contributed by atoms with Gasteiger partial charge in [0.05, 0.1) is 0 Å². The highest BCUT2D eigenvalue weighted by molar-refractivity contribution is 6.30. The molecule has 0 aliphatic rings. The Morgan fingerprint density at radius 3 is 2.62 bits per heavy atom. The molecule has 1 aromatic heterocycles. The monoisotopic (exact) mass is 299 g/mol. The lowest BCUT2D eigenvalue weighted by Crippen LogP contribution is -2.13. The van der Waals surface area contributed by atoms with Crippen molar-refractivity contribution in [2.75, 3.05) is 0 Å². The van der Waals surface area contributed by atoms with E-state index in [-0.39, 0.29) is 5.84 Å². The lowest BCUT2D eigenvalue weighted by molar-refractivity contribution is 0.318. The standard InChI is InChI=1S/C16H14ClN3O/c17-14-5-1-11(2-6-14)10-20-8-7-12-3-4-13(9-15(12)20)16(18)19-21/h1-9,21H,10H2,(H2,18,19). The Bertz CT molecular complexity index is 806. The SMILES string of the molecule is N/C(=N/O)c1ccc2ccn(Cc3ccc(Cl)cc3)c2c1. The van der Waals surface area contributed by atoms with Crippen molar-refractivity contribution in [1.82, 2.24) is 4.57 Å². The van der Waals surface area contributed by atoms with Crippen LogP contribution < -0.4 is 5.73 Å². The lowest BCUT2D eigenvalue weighted by Gasteiger charge is -2.07. The van der Waals surface area contributed by atoms with Gasteiger partial charge >= 0.3 is 0 Å². The van der Waals surface area contributed by atoms with Crippen LogP contribution in [0.1, 0.15) is 11.1 Å². The van der Waals surface area contributed by atoms with E-state index in [1.54, 1.807) is 0 Å². The second kappa shape index (κ2) is 5.50. The van der Waals surface area contributed by atoms with E-state index in [1.165, 1.54) is 0 Å². The van der Waals surface area contributed by atoms with E-state index in [2.05, 4.69) is 9.72 Å². The third kappa shape index (κ3) is 2.71. The number of oxime groups is 1. The summed E-state index contributed by atoms with van der Waals surface area (Å²) in [6.07, 6.45) is 2.02. The van der Waals surface area contributed by atoms with E-state index in [1.807, 2.05) is 54.7 Å². The van der Waals surface area contributed by atoms with Crippen LogP contribution in [0.3, 0.4) is 0 Å². The molecule has 0 unspecified atom stereocenters. The van der Waals surface area contributed by atoms with Gasteiger partial charge in [-0.25, -0.2) is 0 Å². The van der Waals surface area contributed by atoms with Gasteiger partial charge in [-0.05, 0) is 35.2 Å². The van der Waals surface area contributed by atoms with Gasteiger partial charge in [0, 0.05) is 28.8 Å². The molecule has 0 saturated carbocycles. The van der Waals surface area contributed by atoms with Crippen LogP contribution >= 0.6 is 11.6 Å². The van der Waals surface area contributed by atoms with Gasteiger partial charge in [-0.15, -0.1) is 0 Å². The molecule has 4 nitrogen and oxygen atoms in total. The van der Waals surface area contributed by atoms with E-state index in [9.17, 15) is 0 Å². The third-order valence-corrected chi connectivity index (χ3v) is 3.70. The number of hydrogen-bond donors (Lipinski definition) is 2. The Labute approximate surface area is 127 Å². The van der Waals surface area contributed by atoms with Gasteiger partial charge in [0.1, 0.15) is 0 Å². The minimum atomic E-state index is 0.108. The van der Waals surface area contributed by atoms with Gasteiger partial charge in [0.25, 0.3) is 0 Å². The van der Waals surface area contributed by atoms with Crippen LogP contribution in [-0.4, -0.2) is 15.6 Å². The fourth-order valence-corrected chi connectivity index (χ4v) is 2.45. The number of nitrogens with zero attached hydrogens (tertiary/aromatic N) is 2. The summed E-state index contributed by atoms with van der Waals surface area (Å²) in [5.41, 5.74) is 8.54. The number of aromatic nitrogens is 1. The molecule has 21 heavy (non-hydrogen) atoms. The summed E-state index contributed by atoms with van der Waals surface area (Å²) in [6, 6.07) is 15.5. The molecule has 3 N–H and O–H groups in total. The van der Waals surface area contributed by atoms with E-state index >= 15 is 0 Å². The first-order valence-electron chi connectivity index (χ1n) is 6.48. The molecule has 0 saturated heterocycles. The fraction of sp³-hybridized carbons (Fsp3) is 0.0625. The van der Waals surface area contributed by atoms with Crippen molar-refractivity contribution in [3.05, 3.63) is 70.9 Å². The normalized spacial score (nSPS) is 12.0. The van der Waals surface area contributed by atoms with Crippen LogP contribution in [0.5, 0.6) is 0 Å². The molecule has 2 aromatic carbocycles. The second-order valence-corrected chi connectivity index (χ2v) is 5.27. The molecule has 5 heteroatoms. The number of rotatable bonds is 3. The predicted octanol–water partition coefficient (Wildman–Crippen LogP) is 3.44. The highest BCUT2D eigenvalue weighted by Crippen LogP contribution is 2.20. The third-order valence-electron chi connectivity index (χ3n) is 3.44. The van der Waals surface area contributed by atoms with Crippen molar-refractivity contribution < 1.29 is 5.21 Å². The Kier molecular flexibility index (Phi) is 3.54. The number of fused-ring (bicyclic) bond motifs is 1. The van der Waals surface area contributed by atoms with Gasteiger partial charge < -0.3 is 15.5 Å². The molecular formula is C16H14ClN3O. The van der Waals surface area contributed by atoms with Crippen molar-refractivity contribution in [3.8, 4) is 0 Å². The largest absolute Gasteiger partial charge is 0.409 e. The van der Waals surface area contributed by atoms with Gasteiger partial charge in [0.15, 0.2) is 5.84 Å². The minimum absolute atomic E-state index is 0.108. The molecule has 0 atom stereocenters. The minimum Gasteiger partial charge on any atom is -0.409 e. The topological polar surface area (TPSA) is 63.5 Å². The maximum atomic E-state index is 8.79. The highest BCUT2D eigenvalue weighted by atomic mass is 35.5. The zero-order valence-corrected chi connectivity index (χ0v) is 12.0. The number of halogens is 1. The molecule has 0 aliphatic carbocycles. The molecule has 0 fully saturated rings. The molecule has 0 amide bonds. The van der Waals surface area contributed by atoms with Crippen molar-refractivity contribution >= 4 is 28.3 Å². The first-order valence-corrected chi connectivity index (χ1v) is 6.86. The molecule has 0 bridgehead atoms. The van der Waals surface area contributed by atoms with Gasteiger partial charge in [-0.1, -0.05) is 41.0 Å². The zero-order valence-electron chi connectivity index (χ0n) is 11.2. The Hall–Kier alpha value is -2.46. The quantitative estimate of drug-likeness (QED) is 0.337. The first-order chi connectivity index (χ1) is 10.2. The van der Waals surface area contributed by atoms with Crippen molar-refractivity contribution in [1.29, 1.82) is 0 Å². The summed E-state index contributed by atoms with van der Waals surface area (Å²) in [6.45, 7) is 0.736. The summed E-state index contributed by atoms with van der Waals surface area (Å²) >= 11 is 5.90. The summed E-state index contributed by atoms with van der Waals surface area (Å²) in [5.74, 6) is 0.108. The van der Waals surface area contributed by atoms with Crippen molar-refractivity contribution in [3.63, 3.8) is 0 Å². The average Bonchev–Trinajstić information content (AvgIpc) is 2.91. The number of nitrogens with two attached hydrogens (primary N) is 1. The number of hydrogen-bond acceptors (Lipinski definition) is 2. The Morgan fingerprint density at radius 2 is 1.90 bits per heavy atom. The van der Waals surface area contributed by atoms with E-state index in [0.29, 0.717) is 5.56 Å². The molecule has 0 spiro atoms. The van der Waals surface area contributed by atoms with Crippen LogP contribution in [0.25, 0.3) is 10.9 Å². The first kappa shape index (κ1) is 13.5. The maximum absolute atomic E-state index is 8.79.